The summed E-state index contributed by atoms with van der Waals surface area (Å²) in [5.74, 6) is 1.21. The van der Waals surface area contributed by atoms with Crippen LogP contribution in [0.25, 0.3) is 33.6 Å². The van der Waals surface area contributed by atoms with Crippen LogP contribution in [0.4, 0.5) is 4.79 Å². The molecule has 264 valence electrons. The van der Waals surface area contributed by atoms with Crippen LogP contribution in [0.3, 0.4) is 0 Å². The Morgan fingerprint density at radius 1 is 0.820 bits per heavy atom. The van der Waals surface area contributed by atoms with Crippen molar-refractivity contribution >= 4 is 17.9 Å². The SMILES string of the molecule is CCC(C)NCC(=O)N1CCC[C@H]1c1ncc(-c2ccc(-c3ccc(-c4cnc([C@@H]5CCCN5C(=O)[C@@H](OC(N)=O)C(C)C)[nH]4)cc3)cc2)[nH]1. The molecule has 5 N–H and O–H groups in total. The van der Waals surface area contributed by atoms with Crippen molar-refractivity contribution in [3.05, 3.63) is 72.6 Å². The van der Waals surface area contributed by atoms with E-state index in [9.17, 15) is 14.4 Å². The number of imidazole rings is 2. The Kier molecular flexibility index (Phi) is 10.7. The first-order chi connectivity index (χ1) is 24.1. The highest BCUT2D eigenvalue weighted by Gasteiger charge is 2.38. The lowest BCUT2D eigenvalue weighted by molar-refractivity contribution is -0.143. The van der Waals surface area contributed by atoms with Crippen LogP contribution in [-0.4, -0.2) is 79.4 Å². The maximum atomic E-state index is 13.3. The van der Waals surface area contributed by atoms with E-state index < -0.39 is 12.2 Å². The Hall–Kier alpha value is -4.97. The van der Waals surface area contributed by atoms with Gasteiger partial charge in [-0.05, 0) is 67.2 Å². The first kappa shape index (κ1) is 34.9. The highest BCUT2D eigenvalue weighted by Crippen LogP contribution is 2.35. The van der Waals surface area contributed by atoms with Crippen molar-refractivity contribution in [3.63, 3.8) is 0 Å². The number of aromatic nitrogens is 4. The van der Waals surface area contributed by atoms with E-state index in [2.05, 4.69) is 87.6 Å². The summed E-state index contributed by atoms with van der Waals surface area (Å²) < 4.78 is 5.17. The molecule has 2 saturated heterocycles. The second-order valence-corrected chi connectivity index (χ2v) is 13.7. The Bertz CT molecular complexity index is 1780. The molecule has 12 nitrogen and oxygen atoms in total. The average molecular weight is 681 g/mol. The lowest BCUT2D eigenvalue weighted by Crippen LogP contribution is -2.44. The predicted molar refractivity (Wildman–Crippen MR) is 191 cm³/mol. The van der Waals surface area contributed by atoms with Gasteiger partial charge in [-0.2, -0.15) is 0 Å². The second kappa shape index (κ2) is 15.3. The molecule has 50 heavy (non-hydrogen) atoms. The van der Waals surface area contributed by atoms with Gasteiger partial charge < -0.3 is 35.6 Å². The number of nitrogens with zero attached hydrogens (tertiary/aromatic N) is 4. The summed E-state index contributed by atoms with van der Waals surface area (Å²) in [6, 6.07) is 16.7. The number of amides is 3. The van der Waals surface area contributed by atoms with E-state index in [-0.39, 0.29) is 29.8 Å². The number of nitrogens with one attached hydrogen (secondary N) is 3. The lowest BCUT2D eigenvalue weighted by atomic mass is 10.0. The summed E-state index contributed by atoms with van der Waals surface area (Å²) in [5.41, 5.74) is 11.2. The number of carbonyl (C=O) groups is 3. The summed E-state index contributed by atoms with van der Waals surface area (Å²) in [6.07, 6.45) is 6.23. The topological polar surface area (TPSA) is 162 Å². The molecule has 4 atom stereocenters. The van der Waals surface area contributed by atoms with Crippen LogP contribution in [0.1, 0.15) is 83.5 Å². The predicted octanol–water partition coefficient (Wildman–Crippen LogP) is 5.97. The van der Waals surface area contributed by atoms with Gasteiger partial charge in [0, 0.05) is 19.1 Å². The molecule has 4 aromatic rings. The summed E-state index contributed by atoms with van der Waals surface area (Å²) in [6.45, 7) is 9.54. The zero-order valence-corrected chi connectivity index (χ0v) is 29.3. The van der Waals surface area contributed by atoms with Crippen molar-refractivity contribution in [3.8, 4) is 33.6 Å². The molecule has 12 heteroatoms. The number of likely N-dealkylation sites (tertiary alicyclic amines) is 2. The Morgan fingerprint density at radius 2 is 1.30 bits per heavy atom. The molecular formula is C38H48N8O4. The van der Waals surface area contributed by atoms with Crippen LogP contribution in [0.15, 0.2) is 60.9 Å². The first-order valence-electron chi connectivity index (χ1n) is 17.7. The number of aromatic amines is 2. The van der Waals surface area contributed by atoms with Gasteiger partial charge in [0.15, 0.2) is 6.10 Å². The van der Waals surface area contributed by atoms with Crippen molar-refractivity contribution in [1.29, 1.82) is 0 Å². The van der Waals surface area contributed by atoms with Gasteiger partial charge in [-0.1, -0.05) is 69.3 Å². The summed E-state index contributed by atoms with van der Waals surface area (Å²) in [5, 5.41) is 3.32. The molecule has 2 aliphatic heterocycles. The van der Waals surface area contributed by atoms with E-state index in [4.69, 9.17) is 10.5 Å². The van der Waals surface area contributed by atoms with Crippen LogP contribution in [0.2, 0.25) is 0 Å². The number of H-pyrrole nitrogens is 2. The molecule has 0 bridgehead atoms. The number of ether oxygens (including phenoxy) is 1. The van der Waals surface area contributed by atoms with E-state index in [1.54, 1.807) is 11.1 Å². The first-order valence-corrected chi connectivity index (χ1v) is 17.7. The normalized spacial score (nSPS) is 18.8. The van der Waals surface area contributed by atoms with Gasteiger partial charge >= 0.3 is 6.09 Å². The van der Waals surface area contributed by atoms with E-state index in [1.165, 1.54) is 0 Å². The highest BCUT2D eigenvalue weighted by molar-refractivity contribution is 5.84. The minimum Gasteiger partial charge on any atom is -0.436 e. The molecule has 1 unspecified atom stereocenters. The summed E-state index contributed by atoms with van der Waals surface area (Å²) in [7, 11) is 0. The summed E-state index contributed by atoms with van der Waals surface area (Å²) >= 11 is 0. The minimum absolute atomic E-state index is 0.0292. The van der Waals surface area contributed by atoms with E-state index in [0.29, 0.717) is 25.0 Å². The molecule has 2 aromatic heterocycles. The molecule has 6 rings (SSSR count). The fourth-order valence-corrected chi connectivity index (χ4v) is 6.92. The Balaban J connectivity index is 1.09. The van der Waals surface area contributed by atoms with Gasteiger partial charge in [0.1, 0.15) is 11.6 Å². The number of benzene rings is 2. The number of rotatable bonds is 12. The van der Waals surface area contributed by atoms with Crippen molar-refractivity contribution in [1.82, 2.24) is 35.1 Å². The number of carbonyl (C=O) groups excluding carboxylic acids is 3. The summed E-state index contributed by atoms with van der Waals surface area (Å²) in [4.78, 5) is 57.6. The zero-order valence-electron chi connectivity index (χ0n) is 29.3. The van der Waals surface area contributed by atoms with E-state index in [0.717, 1.165) is 78.1 Å². The van der Waals surface area contributed by atoms with Crippen molar-refractivity contribution in [2.75, 3.05) is 19.6 Å². The van der Waals surface area contributed by atoms with Gasteiger partial charge in [0.05, 0.1) is 42.4 Å². The van der Waals surface area contributed by atoms with Crippen LogP contribution in [0, 0.1) is 5.92 Å². The molecule has 2 fully saturated rings. The highest BCUT2D eigenvalue weighted by atomic mass is 16.6. The van der Waals surface area contributed by atoms with Gasteiger partial charge in [0.25, 0.3) is 5.91 Å². The maximum Gasteiger partial charge on any atom is 0.405 e. The quantitative estimate of drug-likeness (QED) is 0.143. The maximum absolute atomic E-state index is 13.3. The van der Waals surface area contributed by atoms with Crippen LogP contribution in [0.5, 0.6) is 0 Å². The van der Waals surface area contributed by atoms with Crippen molar-refractivity contribution in [2.24, 2.45) is 11.7 Å². The largest absolute Gasteiger partial charge is 0.436 e. The molecule has 0 spiro atoms. The minimum atomic E-state index is -0.953. The smallest absolute Gasteiger partial charge is 0.405 e. The van der Waals surface area contributed by atoms with Gasteiger partial charge in [-0.25, -0.2) is 14.8 Å². The van der Waals surface area contributed by atoms with Crippen molar-refractivity contribution < 1.29 is 19.1 Å². The fraction of sp³-hybridized carbons (Fsp3) is 0.447. The molecule has 0 radical (unpaired) electrons. The standard InChI is InChI=1S/C38H48N8O4/c1-5-24(4)40-22-33(47)45-18-6-8-31(45)35-41-20-29(43-35)27-14-10-25(11-15-27)26-12-16-28(17-13-26)30-21-42-36(44-30)32-9-7-19-46(32)37(48)34(23(2)3)50-38(39)49/h10-17,20-21,23-24,31-32,34,40H,5-9,18-19,22H2,1-4H3,(H2,39,49)(H,41,43)(H,42,44)/t24?,31-,32-,34-/m0/s1. The third-order valence-electron chi connectivity index (χ3n) is 9.96. The number of hydrogen-bond donors (Lipinski definition) is 4. The number of hydrogen-bond acceptors (Lipinski definition) is 7. The van der Waals surface area contributed by atoms with Crippen LogP contribution >= 0.6 is 0 Å². The molecule has 0 aliphatic carbocycles. The lowest BCUT2D eigenvalue weighted by Gasteiger charge is -2.29. The van der Waals surface area contributed by atoms with Gasteiger partial charge in [-0.15, -0.1) is 0 Å². The third-order valence-corrected chi connectivity index (χ3v) is 9.96. The number of nitrogens with two attached hydrogens (primary N) is 1. The van der Waals surface area contributed by atoms with Crippen LogP contribution < -0.4 is 11.1 Å². The molecule has 2 aliphatic rings. The monoisotopic (exact) mass is 680 g/mol. The Labute approximate surface area is 293 Å². The van der Waals surface area contributed by atoms with Crippen molar-refractivity contribution in [2.45, 2.75) is 84.0 Å². The molecule has 3 amide bonds. The molecular weight excluding hydrogens is 632 g/mol. The van der Waals surface area contributed by atoms with Gasteiger partial charge in [-0.3, -0.25) is 9.59 Å². The zero-order chi connectivity index (χ0) is 35.4. The molecule has 0 saturated carbocycles. The number of primary amides is 1. The second-order valence-electron chi connectivity index (χ2n) is 13.7. The third kappa shape index (κ3) is 7.60. The van der Waals surface area contributed by atoms with E-state index >= 15 is 0 Å². The average Bonchev–Trinajstić information content (AvgIpc) is 3.95. The van der Waals surface area contributed by atoms with Crippen LogP contribution in [-0.2, 0) is 14.3 Å². The Morgan fingerprint density at radius 3 is 1.78 bits per heavy atom. The van der Waals surface area contributed by atoms with Gasteiger partial charge in [0.2, 0.25) is 5.91 Å². The molecule has 4 heterocycles. The van der Waals surface area contributed by atoms with E-state index in [1.807, 2.05) is 24.9 Å². The fourth-order valence-electron chi connectivity index (χ4n) is 6.92. The molecule has 2 aromatic carbocycles.